The fourth-order valence-electron chi connectivity index (χ4n) is 3.41. The molecule has 1 aromatic heterocycles. The Labute approximate surface area is 176 Å². The van der Waals surface area contributed by atoms with E-state index in [0.717, 1.165) is 18.4 Å². The highest BCUT2D eigenvalue weighted by atomic mass is 32.2. The first kappa shape index (κ1) is 22.2. The van der Waals surface area contributed by atoms with E-state index in [1.807, 2.05) is 6.92 Å². The second kappa shape index (κ2) is 9.57. The molecule has 30 heavy (non-hydrogen) atoms. The van der Waals surface area contributed by atoms with Gasteiger partial charge in [-0.3, -0.25) is 4.79 Å². The van der Waals surface area contributed by atoms with E-state index in [1.54, 1.807) is 17.9 Å². The first-order valence-electron chi connectivity index (χ1n) is 10.2. The van der Waals surface area contributed by atoms with Gasteiger partial charge in [-0.05, 0) is 37.5 Å². The molecule has 0 spiro atoms. The molecule has 0 radical (unpaired) electrons. The molecule has 0 atom stereocenters. The normalized spacial score (nSPS) is 15.5. The summed E-state index contributed by atoms with van der Waals surface area (Å²) in [6.45, 7) is 4.87. The Hall–Kier alpha value is -2.46. The van der Waals surface area contributed by atoms with Crippen LogP contribution < -0.4 is 0 Å². The Morgan fingerprint density at radius 1 is 1.20 bits per heavy atom. The minimum Gasteiger partial charge on any atom is -0.507 e. The van der Waals surface area contributed by atoms with Gasteiger partial charge >= 0.3 is 0 Å². The van der Waals surface area contributed by atoms with Crippen LogP contribution in [0.25, 0.3) is 0 Å². The third-order valence-corrected chi connectivity index (χ3v) is 7.02. The Balaban J connectivity index is 1.49. The molecule has 0 unspecified atom stereocenters. The molecule has 3 rings (SSSR count). The Kier molecular flexibility index (Phi) is 7.09. The van der Waals surface area contributed by atoms with Crippen molar-refractivity contribution >= 4 is 15.9 Å². The van der Waals surface area contributed by atoms with E-state index in [9.17, 15) is 18.3 Å². The van der Waals surface area contributed by atoms with E-state index >= 15 is 0 Å². The van der Waals surface area contributed by atoms with E-state index in [4.69, 9.17) is 4.52 Å². The highest BCUT2D eigenvalue weighted by molar-refractivity contribution is 7.89. The van der Waals surface area contributed by atoms with E-state index in [1.165, 1.54) is 16.4 Å². The molecular weight excluding hydrogens is 408 g/mol. The van der Waals surface area contributed by atoms with Crippen molar-refractivity contribution < 1.29 is 22.8 Å². The summed E-state index contributed by atoms with van der Waals surface area (Å²) >= 11 is 0. The number of nitrogens with zero attached hydrogens (tertiary/aromatic N) is 4. The maximum Gasteiger partial charge on any atom is 0.246 e. The van der Waals surface area contributed by atoms with Crippen molar-refractivity contribution in [1.82, 2.24) is 19.3 Å². The predicted molar refractivity (Wildman–Crippen MR) is 109 cm³/mol. The smallest absolute Gasteiger partial charge is 0.246 e. The Morgan fingerprint density at radius 3 is 2.63 bits per heavy atom. The molecule has 1 amide bonds. The Bertz CT molecular complexity index is 981. The van der Waals surface area contributed by atoms with Crippen LogP contribution in [0.5, 0.6) is 5.75 Å². The molecule has 1 aliphatic heterocycles. The lowest BCUT2D eigenvalue weighted by molar-refractivity contribution is -0.132. The molecule has 164 valence electrons. The molecule has 1 fully saturated rings. The summed E-state index contributed by atoms with van der Waals surface area (Å²) in [4.78, 5) is 18.4. The van der Waals surface area contributed by atoms with Gasteiger partial charge in [-0.15, -0.1) is 0 Å². The predicted octanol–water partition coefficient (Wildman–Crippen LogP) is 1.89. The maximum absolute atomic E-state index is 12.9. The van der Waals surface area contributed by atoms with Crippen LogP contribution in [0.2, 0.25) is 0 Å². The average Bonchev–Trinajstić information content (AvgIpc) is 3.17. The molecule has 1 aliphatic rings. The van der Waals surface area contributed by atoms with Gasteiger partial charge in [0.05, 0.1) is 0 Å². The van der Waals surface area contributed by atoms with Crippen molar-refractivity contribution in [3.05, 3.63) is 35.5 Å². The van der Waals surface area contributed by atoms with Crippen LogP contribution in [0.15, 0.2) is 27.6 Å². The maximum atomic E-state index is 12.9. The molecule has 2 aromatic rings. The molecule has 9 nitrogen and oxygen atoms in total. The van der Waals surface area contributed by atoms with E-state index in [-0.39, 0.29) is 29.6 Å². The summed E-state index contributed by atoms with van der Waals surface area (Å²) in [5.41, 5.74) is 0.753. The number of sulfonamides is 1. The summed E-state index contributed by atoms with van der Waals surface area (Å²) in [6.07, 6.45) is 3.21. The molecule has 0 saturated carbocycles. The van der Waals surface area contributed by atoms with Crippen molar-refractivity contribution in [3.63, 3.8) is 0 Å². The van der Waals surface area contributed by atoms with Gasteiger partial charge in [0.25, 0.3) is 0 Å². The molecule has 0 aliphatic carbocycles. The summed E-state index contributed by atoms with van der Waals surface area (Å²) in [5, 5.41) is 13.9. The second-order valence-corrected chi connectivity index (χ2v) is 9.37. The number of hydrogen-bond donors (Lipinski definition) is 1. The lowest BCUT2D eigenvalue weighted by Gasteiger charge is -2.34. The third kappa shape index (κ3) is 5.17. The zero-order valence-electron chi connectivity index (χ0n) is 17.4. The first-order chi connectivity index (χ1) is 14.3. The van der Waals surface area contributed by atoms with Crippen LogP contribution in [0.4, 0.5) is 0 Å². The number of phenols is 1. The quantitative estimate of drug-likeness (QED) is 0.671. The zero-order chi connectivity index (χ0) is 21.7. The highest BCUT2D eigenvalue weighted by Crippen LogP contribution is 2.27. The summed E-state index contributed by atoms with van der Waals surface area (Å²) in [7, 11) is -3.80. The molecule has 2 heterocycles. The molecule has 10 heteroatoms. The Morgan fingerprint density at radius 2 is 1.93 bits per heavy atom. The number of phenolic OH excluding ortho intramolecular Hbond substituents is 1. The number of rotatable bonds is 8. The minimum atomic E-state index is -3.80. The van der Waals surface area contributed by atoms with Gasteiger partial charge in [-0.1, -0.05) is 18.1 Å². The molecular formula is C20H28N4O5S. The highest BCUT2D eigenvalue weighted by Gasteiger charge is 2.31. The summed E-state index contributed by atoms with van der Waals surface area (Å²) in [6, 6.07) is 4.51. The summed E-state index contributed by atoms with van der Waals surface area (Å²) in [5.74, 6) is 0.955. The lowest BCUT2D eigenvalue weighted by Crippen LogP contribution is -2.50. The monoisotopic (exact) mass is 436 g/mol. The minimum absolute atomic E-state index is 0.0150. The number of aryl methyl sites for hydroxylation is 3. The van der Waals surface area contributed by atoms with Gasteiger partial charge in [0.2, 0.25) is 21.8 Å². The van der Waals surface area contributed by atoms with Crippen LogP contribution in [0.3, 0.4) is 0 Å². The zero-order valence-corrected chi connectivity index (χ0v) is 18.2. The topological polar surface area (TPSA) is 117 Å². The number of benzene rings is 1. The number of amides is 1. The van der Waals surface area contributed by atoms with Gasteiger partial charge in [0, 0.05) is 45.4 Å². The first-order valence-corrected chi connectivity index (χ1v) is 11.6. The van der Waals surface area contributed by atoms with Gasteiger partial charge < -0.3 is 14.5 Å². The second-order valence-electron chi connectivity index (χ2n) is 7.46. The van der Waals surface area contributed by atoms with E-state index in [2.05, 4.69) is 10.1 Å². The van der Waals surface area contributed by atoms with Gasteiger partial charge in [0.1, 0.15) is 10.6 Å². The van der Waals surface area contributed by atoms with Gasteiger partial charge in [0.15, 0.2) is 5.82 Å². The summed E-state index contributed by atoms with van der Waals surface area (Å²) < 4.78 is 32.2. The van der Waals surface area contributed by atoms with Crippen molar-refractivity contribution in [2.24, 2.45) is 0 Å². The molecule has 1 saturated heterocycles. The van der Waals surface area contributed by atoms with Crippen molar-refractivity contribution in [1.29, 1.82) is 0 Å². The largest absolute Gasteiger partial charge is 0.507 e. The van der Waals surface area contributed by atoms with Crippen LogP contribution >= 0.6 is 0 Å². The number of aromatic hydroxyl groups is 1. The number of carbonyl (C=O) groups excluding carboxylic acids is 1. The van der Waals surface area contributed by atoms with Gasteiger partial charge in [-0.25, -0.2) is 8.42 Å². The third-order valence-electron chi connectivity index (χ3n) is 5.09. The van der Waals surface area contributed by atoms with Crippen molar-refractivity contribution in [2.45, 2.75) is 50.8 Å². The standard InChI is InChI=1S/C20H28N4O5S/c1-3-5-18-21-19(29-22-18)6-4-7-20(26)23-10-12-24(13-11-23)30(27,28)17-14-15(2)8-9-16(17)25/h8-9,14,25H,3-7,10-13H2,1-2H3. The molecule has 1 N–H and O–H groups in total. The van der Waals surface area contributed by atoms with Gasteiger partial charge in [-0.2, -0.15) is 9.29 Å². The van der Waals surface area contributed by atoms with Crippen LogP contribution in [-0.2, 0) is 27.7 Å². The molecule has 0 bridgehead atoms. The van der Waals surface area contributed by atoms with Crippen LogP contribution in [0.1, 0.15) is 43.5 Å². The van der Waals surface area contributed by atoms with E-state index < -0.39 is 10.0 Å². The SMILES string of the molecule is CCCc1noc(CCCC(=O)N2CCN(S(=O)(=O)c3cc(C)ccc3O)CC2)n1. The van der Waals surface area contributed by atoms with Crippen LogP contribution in [0, 0.1) is 6.92 Å². The van der Waals surface area contributed by atoms with E-state index in [0.29, 0.717) is 44.1 Å². The van der Waals surface area contributed by atoms with Crippen molar-refractivity contribution in [3.8, 4) is 5.75 Å². The number of carbonyl (C=O) groups is 1. The molecule has 1 aromatic carbocycles. The fraction of sp³-hybridized carbons (Fsp3) is 0.550. The number of aromatic nitrogens is 2. The average molecular weight is 437 g/mol. The fourth-order valence-corrected chi connectivity index (χ4v) is 5.00. The number of piperazine rings is 1. The lowest BCUT2D eigenvalue weighted by atomic mass is 10.2. The van der Waals surface area contributed by atoms with Crippen molar-refractivity contribution in [2.75, 3.05) is 26.2 Å². The van der Waals surface area contributed by atoms with Crippen LogP contribution in [-0.4, -0.2) is 65.0 Å². The number of hydrogen-bond acceptors (Lipinski definition) is 7.